The molecular formula is C20H23N5O5. The third-order valence-electron chi connectivity index (χ3n) is 5.02. The highest BCUT2D eigenvalue weighted by Crippen LogP contribution is 2.37. The number of amides is 2. The molecule has 1 fully saturated rings. The van der Waals surface area contributed by atoms with Crippen LogP contribution in [0.25, 0.3) is 10.9 Å². The van der Waals surface area contributed by atoms with Crippen molar-refractivity contribution in [2.75, 3.05) is 51.8 Å². The Morgan fingerprint density at radius 1 is 1.20 bits per heavy atom. The quantitative estimate of drug-likeness (QED) is 0.753. The number of ether oxygens (including phenoxy) is 2. The van der Waals surface area contributed by atoms with Gasteiger partial charge in [0.25, 0.3) is 0 Å². The maximum absolute atomic E-state index is 12.3. The van der Waals surface area contributed by atoms with Crippen molar-refractivity contribution in [1.82, 2.24) is 15.2 Å². The Hall–Kier alpha value is -3.74. The lowest BCUT2D eigenvalue weighted by Gasteiger charge is -2.26. The van der Waals surface area contributed by atoms with Gasteiger partial charge in [0, 0.05) is 43.8 Å². The third-order valence-corrected chi connectivity index (χ3v) is 5.02. The summed E-state index contributed by atoms with van der Waals surface area (Å²) in [5.41, 5.74) is 1.84. The van der Waals surface area contributed by atoms with E-state index in [0.717, 1.165) is 11.1 Å². The molecule has 10 nitrogen and oxygen atoms in total. The molecule has 30 heavy (non-hydrogen) atoms. The van der Waals surface area contributed by atoms with Crippen LogP contribution in [0.1, 0.15) is 12.0 Å². The van der Waals surface area contributed by atoms with E-state index in [1.807, 2.05) is 6.07 Å². The minimum Gasteiger partial charge on any atom is -0.493 e. The summed E-state index contributed by atoms with van der Waals surface area (Å²) in [6.45, 7) is 1.81. The van der Waals surface area contributed by atoms with Crippen molar-refractivity contribution in [3.05, 3.63) is 23.9 Å². The summed E-state index contributed by atoms with van der Waals surface area (Å²) in [7, 11) is 3.10. The molecule has 2 heterocycles. The number of nitrogens with zero attached hydrogens (tertiary/aromatic N) is 4. The molecule has 2 N–H and O–H groups in total. The zero-order valence-electron chi connectivity index (χ0n) is 16.8. The Bertz CT molecular complexity index is 1000. The molecule has 0 saturated carbocycles. The van der Waals surface area contributed by atoms with Gasteiger partial charge in [0.05, 0.1) is 31.0 Å². The zero-order chi connectivity index (χ0) is 21.7. The fraction of sp³-hybridized carbons (Fsp3) is 0.400. The Balaban J connectivity index is 1.92. The van der Waals surface area contributed by atoms with Gasteiger partial charge >= 0.3 is 6.09 Å². The number of fused-ring (bicyclic) bond motifs is 1. The molecule has 1 aliphatic rings. The van der Waals surface area contributed by atoms with Crippen LogP contribution in [0, 0.1) is 11.3 Å². The predicted molar refractivity (Wildman–Crippen MR) is 109 cm³/mol. The summed E-state index contributed by atoms with van der Waals surface area (Å²) < 4.78 is 10.8. The van der Waals surface area contributed by atoms with Gasteiger partial charge in [-0.05, 0) is 12.5 Å². The first-order valence-electron chi connectivity index (χ1n) is 9.42. The Morgan fingerprint density at radius 3 is 2.60 bits per heavy atom. The number of rotatable bonds is 5. The zero-order valence-corrected chi connectivity index (χ0v) is 16.8. The van der Waals surface area contributed by atoms with Gasteiger partial charge in [-0.2, -0.15) is 5.26 Å². The fourth-order valence-corrected chi connectivity index (χ4v) is 3.58. The van der Waals surface area contributed by atoms with Crippen LogP contribution in [-0.2, 0) is 4.79 Å². The van der Waals surface area contributed by atoms with Gasteiger partial charge in [-0.1, -0.05) is 0 Å². The Morgan fingerprint density at radius 2 is 1.93 bits per heavy atom. The SMILES string of the molecule is COc1cc2ncc(C#N)c(N3CCCN(C(=O)CNC(=O)O)CC3)c2cc1OC. The summed E-state index contributed by atoms with van der Waals surface area (Å²) in [5.74, 6) is 0.812. The standard InChI is InChI=1S/C20H23N5O5/c1-29-16-8-14-15(9-17(16)30-2)22-11-13(10-21)19(14)25-5-3-4-24(6-7-25)18(26)12-23-20(27)28/h8-9,11,23H,3-7,12H2,1-2H3,(H,27,28). The fourth-order valence-electron chi connectivity index (χ4n) is 3.58. The van der Waals surface area contributed by atoms with Crippen molar-refractivity contribution in [1.29, 1.82) is 5.26 Å². The number of nitriles is 1. The van der Waals surface area contributed by atoms with Gasteiger partial charge in [-0.25, -0.2) is 4.79 Å². The maximum Gasteiger partial charge on any atom is 0.405 e. The highest BCUT2D eigenvalue weighted by Gasteiger charge is 2.23. The van der Waals surface area contributed by atoms with Gasteiger partial charge < -0.3 is 29.7 Å². The van der Waals surface area contributed by atoms with Gasteiger partial charge in [0.2, 0.25) is 5.91 Å². The number of carbonyl (C=O) groups is 2. The van der Waals surface area contributed by atoms with Crippen LogP contribution < -0.4 is 19.7 Å². The molecule has 1 aliphatic heterocycles. The van der Waals surface area contributed by atoms with E-state index in [9.17, 15) is 14.9 Å². The minimum atomic E-state index is -1.23. The molecule has 0 bridgehead atoms. The van der Waals surface area contributed by atoms with E-state index >= 15 is 0 Å². The molecule has 0 radical (unpaired) electrons. The first-order chi connectivity index (χ1) is 14.5. The van der Waals surface area contributed by atoms with Crippen LogP contribution in [0.2, 0.25) is 0 Å². The molecule has 0 spiro atoms. The van der Waals surface area contributed by atoms with Crippen LogP contribution in [0.15, 0.2) is 18.3 Å². The van der Waals surface area contributed by atoms with Crippen molar-refractivity contribution in [2.45, 2.75) is 6.42 Å². The van der Waals surface area contributed by atoms with E-state index in [1.165, 1.54) is 6.20 Å². The topological polar surface area (TPSA) is 128 Å². The van der Waals surface area contributed by atoms with Gasteiger partial charge in [-0.15, -0.1) is 0 Å². The van der Waals surface area contributed by atoms with Crippen molar-refractivity contribution in [3.8, 4) is 17.6 Å². The normalized spacial score (nSPS) is 14.0. The molecule has 3 rings (SSSR count). The first-order valence-corrected chi connectivity index (χ1v) is 9.42. The molecule has 10 heteroatoms. The number of carboxylic acid groups (broad SMARTS) is 1. The highest BCUT2D eigenvalue weighted by atomic mass is 16.5. The second kappa shape index (κ2) is 9.17. The van der Waals surface area contributed by atoms with E-state index in [1.54, 1.807) is 25.2 Å². The minimum absolute atomic E-state index is 0.256. The molecular weight excluding hydrogens is 390 g/mol. The summed E-state index contributed by atoms with van der Waals surface area (Å²) in [5, 5.41) is 21.2. The number of pyridine rings is 1. The predicted octanol–water partition coefficient (Wildman–Crippen LogP) is 1.43. The molecule has 158 valence electrons. The van der Waals surface area contributed by atoms with Crippen LogP contribution in [0.4, 0.5) is 10.5 Å². The van der Waals surface area contributed by atoms with Crippen molar-refractivity contribution >= 4 is 28.6 Å². The lowest BCUT2D eigenvalue weighted by Crippen LogP contribution is -2.41. The summed E-state index contributed by atoms with van der Waals surface area (Å²) in [4.78, 5) is 31.0. The Labute approximate surface area is 173 Å². The second-order valence-corrected chi connectivity index (χ2v) is 6.74. The maximum atomic E-state index is 12.3. The van der Waals surface area contributed by atoms with Crippen LogP contribution >= 0.6 is 0 Å². The molecule has 0 atom stereocenters. The number of hydrogen-bond acceptors (Lipinski definition) is 7. The number of hydrogen-bond donors (Lipinski definition) is 2. The van der Waals surface area contributed by atoms with Crippen molar-refractivity contribution < 1.29 is 24.2 Å². The molecule has 2 aromatic rings. The van der Waals surface area contributed by atoms with E-state index in [0.29, 0.717) is 55.2 Å². The molecule has 1 aromatic heterocycles. The van der Waals surface area contributed by atoms with Crippen molar-refractivity contribution in [3.63, 3.8) is 0 Å². The van der Waals surface area contributed by atoms with Crippen LogP contribution in [0.5, 0.6) is 11.5 Å². The molecule has 0 aliphatic carbocycles. The number of nitrogens with one attached hydrogen (secondary N) is 1. The molecule has 1 aromatic carbocycles. The van der Waals surface area contributed by atoms with E-state index in [-0.39, 0.29) is 12.5 Å². The van der Waals surface area contributed by atoms with E-state index in [4.69, 9.17) is 14.6 Å². The smallest absolute Gasteiger partial charge is 0.405 e. The van der Waals surface area contributed by atoms with Gasteiger partial charge in [0.1, 0.15) is 12.6 Å². The number of anilines is 1. The lowest BCUT2D eigenvalue weighted by atomic mass is 10.1. The second-order valence-electron chi connectivity index (χ2n) is 6.74. The van der Waals surface area contributed by atoms with Crippen LogP contribution in [-0.4, -0.2) is 73.9 Å². The lowest BCUT2D eigenvalue weighted by molar-refractivity contribution is -0.129. The summed E-state index contributed by atoms with van der Waals surface area (Å²) in [6, 6.07) is 5.78. The molecule has 0 unspecified atom stereocenters. The van der Waals surface area contributed by atoms with Gasteiger partial charge in [-0.3, -0.25) is 9.78 Å². The average Bonchev–Trinajstić information content (AvgIpc) is 3.01. The van der Waals surface area contributed by atoms with E-state index < -0.39 is 6.09 Å². The first kappa shape index (κ1) is 21.0. The van der Waals surface area contributed by atoms with Crippen LogP contribution in [0.3, 0.4) is 0 Å². The number of carbonyl (C=O) groups excluding carboxylic acids is 1. The molecule has 1 saturated heterocycles. The summed E-state index contributed by atoms with van der Waals surface area (Å²) >= 11 is 0. The largest absolute Gasteiger partial charge is 0.493 e. The Kier molecular flexibility index (Phi) is 6.41. The third kappa shape index (κ3) is 4.30. The number of methoxy groups -OCH3 is 2. The number of benzene rings is 1. The number of aromatic nitrogens is 1. The van der Waals surface area contributed by atoms with Gasteiger partial charge in [0.15, 0.2) is 11.5 Å². The highest BCUT2D eigenvalue weighted by molar-refractivity contribution is 5.96. The van der Waals surface area contributed by atoms with E-state index in [2.05, 4.69) is 21.3 Å². The molecule has 2 amide bonds. The summed E-state index contributed by atoms with van der Waals surface area (Å²) in [6.07, 6.45) is 0.987. The van der Waals surface area contributed by atoms with Crippen molar-refractivity contribution in [2.24, 2.45) is 0 Å². The average molecular weight is 413 g/mol. The monoisotopic (exact) mass is 413 g/mol.